The number of anilines is 1. The molecular formula is C19H21NO5. The zero-order valence-electron chi connectivity index (χ0n) is 14.4. The molecule has 1 atom stereocenters. The molecule has 0 heterocycles. The molecule has 0 saturated heterocycles. The van der Waals surface area contributed by atoms with E-state index in [0.29, 0.717) is 29.4 Å². The highest BCUT2D eigenvalue weighted by Gasteiger charge is 2.20. The summed E-state index contributed by atoms with van der Waals surface area (Å²) in [7, 11) is 1.51. The Morgan fingerprint density at radius 1 is 1.08 bits per heavy atom. The Morgan fingerprint density at radius 2 is 1.76 bits per heavy atom. The van der Waals surface area contributed by atoms with Gasteiger partial charge in [-0.2, -0.15) is 0 Å². The van der Waals surface area contributed by atoms with Gasteiger partial charge in [-0.05, 0) is 50.2 Å². The van der Waals surface area contributed by atoms with Gasteiger partial charge in [0, 0.05) is 0 Å². The van der Waals surface area contributed by atoms with Crippen LogP contribution < -0.4 is 14.8 Å². The van der Waals surface area contributed by atoms with Crippen molar-refractivity contribution >= 4 is 17.6 Å². The van der Waals surface area contributed by atoms with Gasteiger partial charge in [0.05, 0.1) is 25.0 Å². The van der Waals surface area contributed by atoms with Crippen molar-refractivity contribution < 1.29 is 23.8 Å². The van der Waals surface area contributed by atoms with Crippen LogP contribution in [0.15, 0.2) is 48.5 Å². The summed E-state index contributed by atoms with van der Waals surface area (Å²) < 4.78 is 15.7. The molecule has 6 nitrogen and oxygen atoms in total. The third kappa shape index (κ3) is 4.97. The molecule has 0 aliphatic heterocycles. The lowest BCUT2D eigenvalue weighted by molar-refractivity contribution is -0.123. The third-order valence-corrected chi connectivity index (χ3v) is 3.42. The first kappa shape index (κ1) is 18.3. The molecule has 0 radical (unpaired) electrons. The lowest BCUT2D eigenvalue weighted by atomic mass is 10.2. The summed E-state index contributed by atoms with van der Waals surface area (Å²) in [6.07, 6.45) is -0.955. The van der Waals surface area contributed by atoms with Gasteiger partial charge in [-0.1, -0.05) is 12.1 Å². The molecule has 2 aromatic rings. The number of para-hydroxylation sites is 2. The fourth-order valence-electron chi connectivity index (χ4n) is 2.12. The standard InChI is InChI=1S/C19H21NO5/c1-4-24-15-11-9-14(10-12-15)19(22)25-13(2)18(21)20-16-7-5-6-8-17(16)23-3/h5-13H,4H2,1-3H3,(H,20,21)/t13-/m0/s1. The van der Waals surface area contributed by atoms with Crippen LogP contribution in [0.1, 0.15) is 24.2 Å². The Hall–Kier alpha value is -3.02. The number of carbonyl (C=O) groups excluding carboxylic acids is 2. The van der Waals surface area contributed by atoms with Crippen molar-refractivity contribution in [3.63, 3.8) is 0 Å². The lowest BCUT2D eigenvalue weighted by Crippen LogP contribution is -2.30. The fraction of sp³-hybridized carbons (Fsp3) is 0.263. The van der Waals surface area contributed by atoms with Crippen molar-refractivity contribution in [2.45, 2.75) is 20.0 Å². The second kappa shape index (κ2) is 8.73. The molecular weight excluding hydrogens is 322 g/mol. The average Bonchev–Trinajstić information content (AvgIpc) is 2.63. The summed E-state index contributed by atoms with van der Waals surface area (Å²) in [4.78, 5) is 24.4. The summed E-state index contributed by atoms with van der Waals surface area (Å²) in [5.41, 5.74) is 0.861. The maximum Gasteiger partial charge on any atom is 0.338 e. The van der Waals surface area contributed by atoms with E-state index in [1.165, 1.54) is 14.0 Å². The number of hydrogen-bond donors (Lipinski definition) is 1. The molecule has 0 spiro atoms. The number of ether oxygens (including phenoxy) is 3. The van der Waals surface area contributed by atoms with E-state index >= 15 is 0 Å². The normalized spacial score (nSPS) is 11.3. The van der Waals surface area contributed by atoms with Crippen LogP contribution in [0.4, 0.5) is 5.69 Å². The highest BCUT2D eigenvalue weighted by atomic mass is 16.5. The molecule has 2 aromatic carbocycles. The van der Waals surface area contributed by atoms with E-state index in [-0.39, 0.29) is 0 Å². The first-order valence-corrected chi connectivity index (χ1v) is 7.93. The van der Waals surface area contributed by atoms with Crippen molar-refractivity contribution in [1.29, 1.82) is 0 Å². The van der Waals surface area contributed by atoms with Gasteiger partial charge in [0.1, 0.15) is 11.5 Å². The monoisotopic (exact) mass is 343 g/mol. The van der Waals surface area contributed by atoms with E-state index in [2.05, 4.69) is 5.32 Å². The molecule has 0 unspecified atom stereocenters. The highest BCUT2D eigenvalue weighted by molar-refractivity contribution is 5.98. The molecule has 2 rings (SSSR count). The van der Waals surface area contributed by atoms with E-state index in [1.54, 1.807) is 48.5 Å². The van der Waals surface area contributed by atoms with Gasteiger partial charge in [0.25, 0.3) is 5.91 Å². The molecule has 0 aliphatic rings. The van der Waals surface area contributed by atoms with Crippen molar-refractivity contribution in [2.24, 2.45) is 0 Å². The Labute approximate surface area is 146 Å². The summed E-state index contributed by atoms with van der Waals surface area (Å²) in [6, 6.07) is 13.6. The first-order chi connectivity index (χ1) is 12.0. The minimum absolute atomic E-state index is 0.348. The summed E-state index contributed by atoms with van der Waals surface area (Å²) >= 11 is 0. The zero-order chi connectivity index (χ0) is 18.2. The molecule has 0 aliphatic carbocycles. The second-order valence-electron chi connectivity index (χ2n) is 5.19. The molecule has 0 fully saturated rings. The Bertz CT molecular complexity index is 727. The lowest BCUT2D eigenvalue weighted by Gasteiger charge is -2.15. The van der Waals surface area contributed by atoms with E-state index in [1.807, 2.05) is 6.92 Å². The summed E-state index contributed by atoms with van der Waals surface area (Å²) in [5.74, 6) is 0.177. The number of hydrogen-bond acceptors (Lipinski definition) is 5. The quantitative estimate of drug-likeness (QED) is 0.781. The molecule has 0 saturated carbocycles. The summed E-state index contributed by atoms with van der Waals surface area (Å²) in [6.45, 7) is 3.94. The topological polar surface area (TPSA) is 73.9 Å². The van der Waals surface area contributed by atoms with Crippen LogP contribution in [0.3, 0.4) is 0 Å². The fourth-order valence-corrected chi connectivity index (χ4v) is 2.12. The number of esters is 1. The maximum atomic E-state index is 12.2. The average molecular weight is 343 g/mol. The molecule has 25 heavy (non-hydrogen) atoms. The number of carbonyl (C=O) groups is 2. The van der Waals surface area contributed by atoms with Crippen LogP contribution in [0, 0.1) is 0 Å². The Kier molecular flexibility index (Phi) is 6.39. The number of benzene rings is 2. The van der Waals surface area contributed by atoms with Crippen molar-refractivity contribution in [2.75, 3.05) is 19.0 Å². The smallest absolute Gasteiger partial charge is 0.338 e. The van der Waals surface area contributed by atoms with E-state index in [0.717, 1.165) is 0 Å². The van der Waals surface area contributed by atoms with Crippen LogP contribution >= 0.6 is 0 Å². The van der Waals surface area contributed by atoms with E-state index < -0.39 is 18.0 Å². The van der Waals surface area contributed by atoms with Crippen LogP contribution in [-0.2, 0) is 9.53 Å². The van der Waals surface area contributed by atoms with Crippen molar-refractivity contribution in [3.8, 4) is 11.5 Å². The molecule has 0 aromatic heterocycles. The number of nitrogens with one attached hydrogen (secondary N) is 1. The largest absolute Gasteiger partial charge is 0.495 e. The molecule has 132 valence electrons. The molecule has 6 heteroatoms. The van der Waals surface area contributed by atoms with Crippen LogP contribution in [0.5, 0.6) is 11.5 Å². The Balaban J connectivity index is 1.97. The van der Waals surface area contributed by atoms with Gasteiger partial charge >= 0.3 is 5.97 Å². The minimum Gasteiger partial charge on any atom is -0.495 e. The van der Waals surface area contributed by atoms with Gasteiger partial charge in [-0.3, -0.25) is 4.79 Å². The summed E-state index contributed by atoms with van der Waals surface area (Å²) in [5, 5.41) is 2.68. The van der Waals surface area contributed by atoms with Crippen LogP contribution in [-0.4, -0.2) is 31.7 Å². The van der Waals surface area contributed by atoms with Gasteiger partial charge < -0.3 is 19.5 Å². The zero-order valence-corrected chi connectivity index (χ0v) is 14.4. The van der Waals surface area contributed by atoms with E-state index in [4.69, 9.17) is 14.2 Å². The molecule has 0 bridgehead atoms. The minimum atomic E-state index is -0.955. The number of amides is 1. The van der Waals surface area contributed by atoms with Gasteiger partial charge in [-0.25, -0.2) is 4.79 Å². The Morgan fingerprint density at radius 3 is 2.40 bits per heavy atom. The van der Waals surface area contributed by atoms with E-state index in [9.17, 15) is 9.59 Å². The van der Waals surface area contributed by atoms with Gasteiger partial charge in [0.2, 0.25) is 0 Å². The first-order valence-electron chi connectivity index (χ1n) is 7.93. The predicted octanol–water partition coefficient (Wildman–Crippen LogP) is 3.28. The number of methoxy groups -OCH3 is 1. The maximum absolute atomic E-state index is 12.2. The van der Waals surface area contributed by atoms with Crippen LogP contribution in [0.25, 0.3) is 0 Å². The third-order valence-electron chi connectivity index (χ3n) is 3.42. The predicted molar refractivity (Wildman–Crippen MR) is 94.1 cm³/mol. The SMILES string of the molecule is CCOc1ccc(C(=O)O[C@@H](C)C(=O)Nc2ccccc2OC)cc1. The molecule has 1 amide bonds. The van der Waals surface area contributed by atoms with Crippen molar-refractivity contribution in [3.05, 3.63) is 54.1 Å². The number of rotatable bonds is 7. The van der Waals surface area contributed by atoms with Gasteiger partial charge in [-0.15, -0.1) is 0 Å². The van der Waals surface area contributed by atoms with Gasteiger partial charge in [0.15, 0.2) is 6.10 Å². The second-order valence-corrected chi connectivity index (χ2v) is 5.19. The van der Waals surface area contributed by atoms with Crippen LogP contribution in [0.2, 0.25) is 0 Å². The van der Waals surface area contributed by atoms with Crippen molar-refractivity contribution in [1.82, 2.24) is 0 Å². The highest BCUT2D eigenvalue weighted by Crippen LogP contribution is 2.23. The molecule has 1 N–H and O–H groups in total.